The molecule has 0 atom stereocenters. The van der Waals surface area contributed by atoms with Gasteiger partial charge >= 0.3 is 0 Å². The second kappa shape index (κ2) is 7.40. The van der Waals surface area contributed by atoms with Crippen LogP contribution in [0.25, 0.3) is 0 Å². The van der Waals surface area contributed by atoms with Crippen molar-refractivity contribution < 1.29 is 0 Å². The zero-order chi connectivity index (χ0) is 6.24. The molecule has 0 spiro atoms. The lowest BCUT2D eigenvalue weighted by atomic mass is 10.5. The number of halogens is 1. The highest BCUT2D eigenvalue weighted by atomic mass is 79.9. The van der Waals surface area contributed by atoms with Crippen LogP contribution in [0.3, 0.4) is 0 Å². The third kappa shape index (κ3) is 6.40. The van der Waals surface area contributed by atoms with Crippen LogP contribution in [0.15, 0.2) is 0 Å². The maximum absolute atomic E-state index is 5.24. The smallest absolute Gasteiger partial charge is 0.00745 e. The summed E-state index contributed by atoms with van der Waals surface area (Å²) in [5, 5.41) is 4.25. The van der Waals surface area contributed by atoms with Crippen LogP contribution in [0.1, 0.15) is 6.42 Å². The molecule has 0 amide bonds. The second-order valence-electron chi connectivity index (χ2n) is 1.58. The molecule has 8 heavy (non-hydrogen) atoms. The van der Waals surface area contributed by atoms with Crippen molar-refractivity contribution in [2.45, 2.75) is 6.42 Å². The zero-order valence-electron chi connectivity index (χ0n) is 4.99. The predicted octanol–water partition coefficient (Wildman–Crippen LogP) is 0.320. The van der Waals surface area contributed by atoms with E-state index in [2.05, 4.69) is 21.2 Å². The van der Waals surface area contributed by atoms with E-state index in [0.717, 1.165) is 25.0 Å². The molecule has 0 radical (unpaired) electrons. The Morgan fingerprint density at radius 2 is 2.12 bits per heavy atom. The van der Waals surface area contributed by atoms with Crippen molar-refractivity contribution in [2.24, 2.45) is 5.73 Å². The Balaban J connectivity index is 2.53. The van der Waals surface area contributed by atoms with Gasteiger partial charge in [0.05, 0.1) is 0 Å². The summed E-state index contributed by atoms with van der Waals surface area (Å²) < 4.78 is 0. The van der Waals surface area contributed by atoms with Crippen molar-refractivity contribution in [1.29, 1.82) is 0 Å². The van der Waals surface area contributed by atoms with Gasteiger partial charge in [0.2, 0.25) is 0 Å². The number of rotatable bonds is 5. The fourth-order valence-electron chi connectivity index (χ4n) is 0.419. The summed E-state index contributed by atoms with van der Waals surface area (Å²) in [7, 11) is 0. The minimum absolute atomic E-state index is 0.738. The summed E-state index contributed by atoms with van der Waals surface area (Å²) in [5.41, 5.74) is 5.24. The molecule has 50 valence electrons. The first-order valence-corrected chi connectivity index (χ1v) is 4.00. The molecule has 0 saturated heterocycles. The number of nitrogens with one attached hydrogen (secondary N) is 1. The van der Waals surface area contributed by atoms with Crippen molar-refractivity contribution in [1.82, 2.24) is 5.32 Å². The van der Waals surface area contributed by atoms with E-state index in [4.69, 9.17) is 5.73 Å². The number of hydrogen-bond donors (Lipinski definition) is 2. The Labute approximate surface area is 59.0 Å². The molecule has 0 saturated carbocycles. The number of hydrogen-bond acceptors (Lipinski definition) is 2. The van der Waals surface area contributed by atoms with E-state index < -0.39 is 0 Å². The molecule has 0 unspecified atom stereocenters. The van der Waals surface area contributed by atoms with Gasteiger partial charge in [-0.3, -0.25) is 0 Å². The Kier molecular flexibility index (Phi) is 7.77. The quantitative estimate of drug-likeness (QED) is 0.473. The molecule has 0 aliphatic rings. The van der Waals surface area contributed by atoms with E-state index in [0.29, 0.717) is 0 Å². The first-order chi connectivity index (χ1) is 3.91. The van der Waals surface area contributed by atoms with Gasteiger partial charge in [-0.25, -0.2) is 0 Å². The molecule has 3 N–H and O–H groups in total. The highest BCUT2D eigenvalue weighted by molar-refractivity contribution is 9.09. The molecule has 0 heterocycles. The van der Waals surface area contributed by atoms with Crippen LogP contribution in [0.4, 0.5) is 0 Å². The maximum atomic E-state index is 5.24. The SMILES string of the molecule is NCCNCCCBr. The molecule has 2 nitrogen and oxygen atoms in total. The van der Waals surface area contributed by atoms with Gasteiger partial charge in [0.25, 0.3) is 0 Å². The lowest BCUT2D eigenvalue weighted by molar-refractivity contribution is 0.682. The number of nitrogens with two attached hydrogens (primary N) is 1. The van der Waals surface area contributed by atoms with Gasteiger partial charge in [-0.2, -0.15) is 0 Å². The Bertz CT molecular complexity index is 35.4. The topological polar surface area (TPSA) is 38.0 Å². The van der Waals surface area contributed by atoms with Crippen molar-refractivity contribution in [3.63, 3.8) is 0 Å². The average Bonchev–Trinajstić information content (AvgIpc) is 1.81. The van der Waals surface area contributed by atoms with Crippen LogP contribution >= 0.6 is 15.9 Å². The van der Waals surface area contributed by atoms with E-state index >= 15 is 0 Å². The molecule has 0 aromatic carbocycles. The third-order valence-corrected chi connectivity index (χ3v) is 1.37. The monoisotopic (exact) mass is 180 g/mol. The third-order valence-electron chi connectivity index (χ3n) is 0.808. The fraction of sp³-hybridized carbons (Fsp3) is 1.00. The molecule has 0 fully saturated rings. The molecular formula is C5H13BrN2. The van der Waals surface area contributed by atoms with Gasteiger partial charge in [0, 0.05) is 18.4 Å². The van der Waals surface area contributed by atoms with E-state index in [1.165, 1.54) is 6.42 Å². The predicted molar refractivity (Wildman–Crippen MR) is 40.3 cm³/mol. The Morgan fingerprint density at radius 3 is 2.62 bits per heavy atom. The highest BCUT2D eigenvalue weighted by Crippen LogP contribution is 1.82. The summed E-state index contributed by atoms with van der Waals surface area (Å²) in [6.07, 6.45) is 1.18. The molecule has 0 aliphatic carbocycles. The van der Waals surface area contributed by atoms with E-state index in [1.807, 2.05) is 0 Å². The minimum atomic E-state index is 0.738. The van der Waals surface area contributed by atoms with Crippen LogP contribution in [-0.2, 0) is 0 Å². The van der Waals surface area contributed by atoms with Gasteiger partial charge in [-0.05, 0) is 13.0 Å². The van der Waals surface area contributed by atoms with Crippen molar-refractivity contribution in [3.8, 4) is 0 Å². The van der Waals surface area contributed by atoms with Gasteiger partial charge in [0.1, 0.15) is 0 Å². The minimum Gasteiger partial charge on any atom is -0.329 e. The molecule has 0 aromatic heterocycles. The second-order valence-corrected chi connectivity index (χ2v) is 2.37. The summed E-state index contributed by atoms with van der Waals surface area (Å²) >= 11 is 3.33. The first kappa shape index (κ1) is 8.40. The number of alkyl halides is 1. The van der Waals surface area contributed by atoms with Crippen LogP contribution in [-0.4, -0.2) is 25.0 Å². The van der Waals surface area contributed by atoms with Crippen LogP contribution in [0, 0.1) is 0 Å². The van der Waals surface area contributed by atoms with E-state index in [-0.39, 0.29) is 0 Å². The van der Waals surface area contributed by atoms with Crippen LogP contribution < -0.4 is 11.1 Å². The van der Waals surface area contributed by atoms with Gasteiger partial charge in [0.15, 0.2) is 0 Å². The van der Waals surface area contributed by atoms with Gasteiger partial charge < -0.3 is 11.1 Å². The van der Waals surface area contributed by atoms with Crippen molar-refractivity contribution >= 4 is 15.9 Å². The molecular weight excluding hydrogens is 168 g/mol. The Morgan fingerprint density at radius 1 is 1.38 bits per heavy atom. The summed E-state index contributed by atoms with van der Waals surface area (Å²) in [4.78, 5) is 0. The van der Waals surface area contributed by atoms with Crippen LogP contribution in [0.5, 0.6) is 0 Å². The first-order valence-electron chi connectivity index (χ1n) is 2.88. The Hall–Kier alpha value is 0.400. The van der Waals surface area contributed by atoms with Gasteiger partial charge in [-0.1, -0.05) is 15.9 Å². The van der Waals surface area contributed by atoms with Gasteiger partial charge in [-0.15, -0.1) is 0 Å². The normalized spacial score (nSPS) is 9.75. The highest BCUT2D eigenvalue weighted by Gasteiger charge is 1.81. The average molecular weight is 181 g/mol. The molecule has 0 rings (SSSR count). The van der Waals surface area contributed by atoms with Crippen molar-refractivity contribution in [3.05, 3.63) is 0 Å². The standard InChI is InChI=1S/C5H13BrN2/c6-2-1-4-8-5-3-7/h8H,1-5,7H2. The van der Waals surface area contributed by atoms with Crippen LogP contribution in [0.2, 0.25) is 0 Å². The zero-order valence-corrected chi connectivity index (χ0v) is 6.58. The lowest BCUT2D eigenvalue weighted by Crippen LogP contribution is -2.23. The summed E-state index contributed by atoms with van der Waals surface area (Å²) in [5.74, 6) is 0. The maximum Gasteiger partial charge on any atom is 0.00745 e. The van der Waals surface area contributed by atoms with E-state index in [1.54, 1.807) is 0 Å². The lowest BCUT2D eigenvalue weighted by Gasteiger charge is -1.97. The summed E-state index contributed by atoms with van der Waals surface area (Å²) in [6.45, 7) is 2.75. The summed E-state index contributed by atoms with van der Waals surface area (Å²) in [6, 6.07) is 0. The molecule has 0 aliphatic heterocycles. The molecule has 0 bridgehead atoms. The largest absolute Gasteiger partial charge is 0.329 e. The van der Waals surface area contributed by atoms with Crippen molar-refractivity contribution in [2.75, 3.05) is 25.0 Å². The fourth-order valence-corrected chi connectivity index (χ4v) is 0.699. The molecule has 0 aromatic rings. The van der Waals surface area contributed by atoms with E-state index in [9.17, 15) is 0 Å². The molecule has 3 heteroatoms.